The molecule has 0 saturated heterocycles. The molecule has 0 fully saturated rings. The molecule has 1 aromatic carbocycles. The zero-order chi connectivity index (χ0) is 22.1. The summed E-state index contributed by atoms with van der Waals surface area (Å²) in [5, 5.41) is 10.9. The molecule has 1 atom stereocenters. The lowest BCUT2D eigenvalue weighted by molar-refractivity contribution is 0.413. The number of rotatable bonds is 7. The summed E-state index contributed by atoms with van der Waals surface area (Å²) in [5.41, 5.74) is 1.59. The van der Waals surface area contributed by atoms with Crippen molar-refractivity contribution in [2.24, 2.45) is 0 Å². The lowest BCUT2D eigenvalue weighted by Gasteiger charge is -2.07. The molecule has 0 radical (unpaired) electrons. The molecule has 1 unspecified atom stereocenters. The lowest BCUT2D eigenvalue weighted by atomic mass is 10.1. The maximum atomic E-state index is 12.8. The Morgan fingerprint density at radius 1 is 1.22 bits per heavy atom. The minimum absolute atomic E-state index is 0.185. The summed E-state index contributed by atoms with van der Waals surface area (Å²) in [6.07, 6.45) is 2.11. The van der Waals surface area contributed by atoms with Gasteiger partial charge < -0.3 is 18.6 Å². The van der Waals surface area contributed by atoms with Gasteiger partial charge >= 0.3 is 0 Å². The average Bonchev–Trinajstić information content (AvgIpc) is 3.55. The van der Waals surface area contributed by atoms with Gasteiger partial charge in [-0.1, -0.05) is 23.9 Å². The highest BCUT2D eigenvalue weighted by molar-refractivity contribution is 7.99. The Balaban J connectivity index is 1.33. The first-order valence-electron chi connectivity index (χ1n) is 9.78. The average molecular weight is 467 g/mol. The zero-order valence-corrected chi connectivity index (χ0v) is 18.8. The van der Waals surface area contributed by atoms with Gasteiger partial charge in [0.2, 0.25) is 5.89 Å². The van der Waals surface area contributed by atoms with Crippen molar-refractivity contribution in [2.45, 2.75) is 23.8 Å². The van der Waals surface area contributed by atoms with E-state index in [1.165, 1.54) is 23.1 Å². The fourth-order valence-electron chi connectivity index (χ4n) is 3.25. The maximum absolute atomic E-state index is 12.8. The highest BCUT2D eigenvalue weighted by Crippen LogP contribution is 2.35. The van der Waals surface area contributed by atoms with Gasteiger partial charge in [-0.2, -0.15) is 0 Å². The van der Waals surface area contributed by atoms with E-state index in [1.54, 1.807) is 19.4 Å². The first-order chi connectivity index (χ1) is 15.6. The van der Waals surface area contributed by atoms with Crippen LogP contribution in [0.25, 0.3) is 21.5 Å². The summed E-state index contributed by atoms with van der Waals surface area (Å²) in [6, 6.07) is 11.3. The number of thioether (sulfide) groups is 1. The summed E-state index contributed by atoms with van der Waals surface area (Å²) in [4.78, 5) is 21.0. The van der Waals surface area contributed by atoms with Crippen LogP contribution < -0.4 is 10.3 Å². The minimum Gasteiger partial charge on any atom is -0.497 e. The molecule has 0 aliphatic heterocycles. The van der Waals surface area contributed by atoms with Crippen molar-refractivity contribution < 1.29 is 13.6 Å². The number of fused-ring (bicyclic) bond motifs is 1. The molecule has 1 N–H and O–H groups in total. The van der Waals surface area contributed by atoms with Crippen molar-refractivity contribution in [1.82, 2.24) is 20.2 Å². The number of hydrogen-bond donors (Lipinski definition) is 1. The van der Waals surface area contributed by atoms with E-state index >= 15 is 0 Å². The topological polar surface area (TPSA) is 107 Å². The molecule has 162 valence electrons. The molecular formula is C22H18N4O4S2. The molecule has 0 aliphatic rings. The standard InChI is InChI=1S/C22H18N4O4S2/c1-12(32-22-26-25-17(30-22)10-13-5-7-14(28-2)8-6-13)19-23-20(27)18-15(11-31-21(18)24-19)16-4-3-9-29-16/h3-9,11-12H,10H2,1-2H3,(H,23,24,27). The Morgan fingerprint density at radius 2 is 2.06 bits per heavy atom. The quantitative estimate of drug-likeness (QED) is 0.331. The highest BCUT2D eigenvalue weighted by atomic mass is 32.2. The van der Waals surface area contributed by atoms with Crippen LogP contribution in [0.2, 0.25) is 0 Å². The van der Waals surface area contributed by atoms with E-state index in [4.69, 9.17) is 13.6 Å². The maximum Gasteiger partial charge on any atom is 0.277 e. The van der Waals surface area contributed by atoms with Crippen LogP contribution in [0.3, 0.4) is 0 Å². The number of ether oxygens (including phenoxy) is 1. The normalized spacial score (nSPS) is 12.3. The number of benzene rings is 1. The van der Waals surface area contributed by atoms with E-state index < -0.39 is 0 Å². The molecule has 10 heteroatoms. The molecule has 8 nitrogen and oxygen atoms in total. The third-order valence-electron chi connectivity index (χ3n) is 4.87. The molecule has 0 bridgehead atoms. The van der Waals surface area contributed by atoms with Crippen LogP contribution in [0.1, 0.15) is 29.5 Å². The van der Waals surface area contributed by atoms with Gasteiger partial charge in [-0.25, -0.2) is 4.98 Å². The molecule has 5 aromatic rings. The Bertz CT molecular complexity index is 1400. The van der Waals surface area contributed by atoms with Gasteiger partial charge in [-0.15, -0.1) is 21.5 Å². The highest BCUT2D eigenvalue weighted by Gasteiger charge is 2.19. The van der Waals surface area contributed by atoms with Gasteiger partial charge in [0.1, 0.15) is 22.2 Å². The van der Waals surface area contributed by atoms with Crippen molar-refractivity contribution in [3.05, 3.63) is 75.7 Å². The molecular weight excluding hydrogens is 448 g/mol. The molecule has 5 rings (SSSR count). The number of H-pyrrole nitrogens is 1. The monoisotopic (exact) mass is 466 g/mol. The van der Waals surface area contributed by atoms with E-state index in [0.29, 0.717) is 39.3 Å². The van der Waals surface area contributed by atoms with Crippen molar-refractivity contribution >= 4 is 33.3 Å². The van der Waals surface area contributed by atoms with Crippen LogP contribution in [-0.4, -0.2) is 27.3 Å². The van der Waals surface area contributed by atoms with Gasteiger partial charge in [0.15, 0.2) is 0 Å². The van der Waals surface area contributed by atoms with E-state index in [-0.39, 0.29) is 10.8 Å². The fourth-order valence-corrected chi connectivity index (χ4v) is 4.95. The second-order valence-corrected chi connectivity index (χ2v) is 9.15. The number of nitrogens with one attached hydrogen (secondary N) is 1. The van der Waals surface area contributed by atoms with Crippen molar-refractivity contribution in [3.8, 4) is 17.1 Å². The smallest absolute Gasteiger partial charge is 0.277 e. The third-order valence-corrected chi connectivity index (χ3v) is 6.69. The second kappa shape index (κ2) is 8.64. The molecule has 0 amide bonds. The van der Waals surface area contributed by atoms with Crippen molar-refractivity contribution in [2.75, 3.05) is 7.11 Å². The minimum atomic E-state index is -0.198. The van der Waals surface area contributed by atoms with E-state index in [9.17, 15) is 4.79 Å². The molecule has 32 heavy (non-hydrogen) atoms. The van der Waals surface area contributed by atoms with E-state index in [1.807, 2.05) is 42.6 Å². The van der Waals surface area contributed by atoms with E-state index in [2.05, 4.69) is 20.2 Å². The largest absolute Gasteiger partial charge is 0.497 e. The Hall–Kier alpha value is -3.37. The summed E-state index contributed by atoms with van der Waals surface area (Å²) >= 11 is 2.76. The number of nitrogens with zero attached hydrogens (tertiary/aromatic N) is 3. The van der Waals surface area contributed by atoms with Crippen LogP contribution in [0, 0.1) is 0 Å². The van der Waals surface area contributed by atoms with Crippen molar-refractivity contribution in [1.29, 1.82) is 0 Å². The molecule has 4 aromatic heterocycles. The second-order valence-electron chi connectivity index (χ2n) is 7.00. The van der Waals surface area contributed by atoms with Gasteiger partial charge in [0, 0.05) is 10.9 Å². The predicted octanol–water partition coefficient (Wildman–Crippen LogP) is 5.08. The molecule has 0 saturated carbocycles. The number of hydrogen-bond acceptors (Lipinski definition) is 9. The summed E-state index contributed by atoms with van der Waals surface area (Å²) < 4.78 is 16.4. The number of aromatic amines is 1. The Labute approximate surface area is 190 Å². The summed E-state index contributed by atoms with van der Waals surface area (Å²) in [7, 11) is 1.63. The van der Waals surface area contributed by atoms with Crippen LogP contribution >= 0.6 is 23.1 Å². The Kier molecular flexibility index (Phi) is 5.54. The number of methoxy groups -OCH3 is 1. The fraction of sp³-hybridized carbons (Fsp3) is 0.182. The van der Waals surface area contributed by atoms with Crippen LogP contribution in [0.15, 0.2) is 66.9 Å². The number of aromatic nitrogens is 4. The van der Waals surface area contributed by atoms with Gasteiger partial charge in [-0.05, 0) is 36.8 Å². The van der Waals surface area contributed by atoms with Crippen LogP contribution in [0.5, 0.6) is 5.75 Å². The predicted molar refractivity (Wildman–Crippen MR) is 122 cm³/mol. The van der Waals surface area contributed by atoms with Gasteiger partial charge in [0.25, 0.3) is 10.8 Å². The van der Waals surface area contributed by atoms with Gasteiger partial charge in [-0.3, -0.25) is 4.79 Å². The van der Waals surface area contributed by atoms with E-state index in [0.717, 1.165) is 16.9 Å². The first-order valence-corrected chi connectivity index (χ1v) is 11.5. The molecule has 0 spiro atoms. The SMILES string of the molecule is COc1ccc(Cc2nnc(SC(C)c3nc4scc(-c5ccco5)c4c(=O)[nH]3)o2)cc1. The lowest BCUT2D eigenvalue weighted by Crippen LogP contribution is -2.12. The summed E-state index contributed by atoms with van der Waals surface area (Å²) in [5.74, 6) is 2.51. The molecule has 0 aliphatic carbocycles. The first kappa shape index (κ1) is 20.5. The van der Waals surface area contributed by atoms with Gasteiger partial charge in [0.05, 0.1) is 30.4 Å². The Morgan fingerprint density at radius 3 is 2.81 bits per heavy atom. The van der Waals surface area contributed by atoms with Crippen molar-refractivity contribution in [3.63, 3.8) is 0 Å². The summed E-state index contributed by atoms with van der Waals surface area (Å²) in [6.45, 7) is 1.93. The number of thiophene rings is 1. The zero-order valence-electron chi connectivity index (χ0n) is 17.2. The third kappa shape index (κ3) is 4.06. The van der Waals surface area contributed by atoms with Crippen LogP contribution in [0.4, 0.5) is 0 Å². The number of furan rings is 1. The van der Waals surface area contributed by atoms with Crippen LogP contribution in [-0.2, 0) is 6.42 Å². The molecule has 4 heterocycles.